The van der Waals surface area contributed by atoms with Crippen molar-refractivity contribution in [1.82, 2.24) is 5.32 Å². The van der Waals surface area contributed by atoms with E-state index in [1.807, 2.05) is 36.4 Å². The summed E-state index contributed by atoms with van der Waals surface area (Å²) in [7, 11) is 0. The van der Waals surface area contributed by atoms with Crippen molar-refractivity contribution in [3.05, 3.63) is 59.7 Å². The van der Waals surface area contributed by atoms with Gasteiger partial charge in [0, 0.05) is 35.1 Å². The molecule has 28 heavy (non-hydrogen) atoms. The summed E-state index contributed by atoms with van der Waals surface area (Å²) in [5.74, 6) is -0.527. The van der Waals surface area contributed by atoms with Gasteiger partial charge in [-0.05, 0) is 36.6 Å². The largest absolute Gasteiger partial charge is 0.481 e. The number of anilines is 1. The molecule has 2 aromatic carbocycles. The van der Waals surface area contributed by atoms with Crippen LogP contribution in [-0.4, -0.2) is 34.7 Å². The Kier molecular flexibility index (Phi) is 6.71. The molecule has 0 spiro atoms. The van der Waals surface area contributed by atoms with Crippen LogP contribution in [-0.2, 0) is 16.0 Å². The molecular weight excluding hydrogens is 376 g/mol. The second-order valence-electron chi connectivity index (χ2n) is 6.65. The number of nitrogens with one attached hydrogen (secondary N) is 2. The monoisotopic (exact) mass is 398 g/mol. The van der Waals surface area contributed by atoms with Gasteiger partial charge in [0.1, 0.15) is 0 Å². The Labute approximate surface area is 167 Å². The van der Waals surface area contributed by atoms with Gasteiger partial charge < -0.3 is 15.7 Å². The van der Waals surface area contributed by atoms with Gasteiger partial charge in [0.25, 0.3) is 5.91 Å². The number of benzene rings is 2. The van der Waals surface area contributed by atoms with E-state index in [0.29, 0.717) is 36.3 Å². The maximum absolute atomic E-state index is 12.8. The molecule has 3 N–H and O–H groups in total. The Morgan fingerprint density at radius 3 is 2.71 bits per heavy atom. The number of carbonyl (C=O) groups is 3. The Morgan fingerprint density at radius 2 is 1.96 bits per heavy atom. The number of aliphatic carboxylic acids is 1. The second-order valence-corrected chi connectivity index (χ2v) is 7.79. The summed E-state index contributed by atoms with van der Waals surface area (Å²) in [5, 5.41) is 14.8. The highest BCUT2D eigenvalue weighted by Gasteiger charge is 2.19. The topological polar surface area (TPSA) is 95.5 Å². The van der Waals surface area contributed by atoms with Crippen LogP contribution in [0.15, 0.2) is 53.4 Å². The zero-order valence-electron chi connectivity index (χ0n) is 15.3. The molecular formula is C21H22N2O4S. The summed E-state index contributed by atoms with van der Waals surface area (Å²) < 4.78 is 0. The van der Waals surface area contributed by atoms with Gasteiger partial charge in [0.15, 0.2) is 0 Å². The van der Waals surface area contributed by atoms with Crippen LogP contribution in [0.1, 0.15) is 35.2 Å². The maximum atomic E-state index is 12.8. The highest BCUT2D eigenvalue weighted by atomic mass is 32.2. The van der Waals surface area contributed by atoms with Gasteiger partial charge in [0.05, 0.1) is 5.69 Å². The van der Waals surface area contributed by atoms with Gasteiger partial charge in [-0.1, -0.05) is 30.3 Å². The third-order valence-electron chi connectivity index (χ3n) is 4.47. The molecule has 0 bridgehead atoms. The fraction of sp³-hybridized carbons (Fsp3) is 0.286. The van der Waals surface area contributed by atoms with Gasteiger partial charge in [-0.2, -0.15) is 0 Å². The summed E-state index contributed by atoms with van der Waals surface area (Å²) >= 11 is 1.58. The standard InChI is InChI=1S/C21H22N2O4S/c24-19-10-11-28-18-8-6-15(13-17(18)23-19)21(27)22-16(7-9-20(25)26)12-14-4-2-1-3-5-14/h1-6,8,13,16H,7,9-12H2,(H,22,27)(H,23,24)(H,25,26). The van der Waals surface area contributed by atoms with Gasteiger partial charge >= 0.3 is 5.97 Å². The first-order chi connectivity index (χ1) is 13.5. The fourth-order valence-electron chi connectivity index (χ4n) is 3.05. The van der Waals surface area contributed by atoms with Crippen molar-refractivity contribution in [2.45, 2.75) is 36.6 Å². The van der Waals surface area contributed by atoms with E-state index in [9.17, 15) is 14.4 Å². The highest BCUT2D eigenvalue weighted by Crippen LogP contribution is 2.31. The first-order valence-corrected chi connectivity index (χ1v) is 10.1. The summed E-state index contributed by atoms with van der Waals surface area (Å²) in [4.78, 5) is 36.5. The SMILES string of the molecule is O=C(O)CCC(Cc1ccccc1)NC(=O)c1ccc2c(c1)NC(=O)CCS2. The average molecular weight is 398 g/mol. The zero-order valence-corrected chi connectivity index (χ0v) is 16.1. The van der Waals surface area contributed by atoms with Gasteiger partial charge in [-0.25, -0.2) is 0 Å². The molecule has 1 heterocycles. The molecule has 0 aliphatic carbocycles. The van der Waals surface area contributed by atoms with E-state index < -0.39 is 5.97 Å². The Hall–Kier alpha value is -2.80. The van der Waals surface area contributed by atoms with Gasteiger partial charge in [-0.15, -0.1) is 11.8 Å². The van der Waals surface area contributed by atoms with Crippen LogP contribution in [0, 0.1) is 0 Å². The van der Waals surface area contributed by atoms with Crippen molar-refractivity contribution in [3.63, 3.8) is 0 Å². The molecule has 0 saturated heterocycles. The minimum Gasteiger partial charge on any atom is -0.481 e. The van der Waals surface area contributed by atoms with E-state index in [1.165, 1.54) is 0 Å². The third kappa shape index (κ3) is 5.60. The van der Waals surface area contributed by atoms with Crippen LogP contribution < -0.4 is 10.6 Å². The number of carboxylic acid groups (broad SMARTS) is 1. The number of carboxylic acids is 1. The van der Waals surface area contributed by atoms with E-state index in [4.69, 9.17) is 5.11 Å². The Balaban J connectivity index is 1.73. The normalized spacial score (nSPS) is 14.4. The number of fused-ring (bicyclic) bond motifs is 1. The molecule has 3 rings (SSSR count). The zero-order chi connectivity index (χ0) is 19.9. The number of hydrogen-bond acceptors (Lipinski definition) is 4. The minimum absolute atomic E-state index is 0.0192. The molecule has 1 aliphatic rings. The van der Waals surface area contributed by atoms with Crippen molar-refractivity contribution in [2.24, 2.45) is 0 Å². The summed E-state index contributed by atoms with van der Waals surface area (Å²) in [5.41, 5.74) is 2.11. The molecule has 1 atom stereocenters. The Bertz CT molecular complexity index is 870. The molecule has 0 radical (unpaired) electrons. The molecule has 1 unspecified atom stereocenters. The van der Waals surface area contributed by atoms with Crippen LogP contribution in [0.3, 0.4) is 0 Å². The number of amides is 2. The molecule has 146 valence electrons. The molecule has 2 aromatic rings. The molecule has 0 saturated carbocycles. The van der Waals surface area contributed by atoms with E-state index in [0.717, 1.165) is 10.5 Å². The molecule has 6 nitrogen and oxygen atoms in total. The van der Waals surface area contributed by atoms with Gasteiger partial charge in [-0.3, -0.25) is 14.4 Å². The van der Waals surface area contributed by atoms with Crippen molar-refractivity contribution in [1.29, 1.82) is 0 Å². The number of hydrogen-bond donors (Lipinski definition) is 3. The lowest BCUT2D eigenvalue weighted by Gasteiger charge is -2.19. The third-order valence-corrected chi connectivity index (χ3v) is 5.54. The lowest BCUT2D eigenvalue weighted by molar-refractivity contribution is -0.137. The predicted molar refractivity (Wildman–Crippen MR) is 109 cm³/mol. The molecule has 0 aromatic heterocycles. The Morgan fingerprint density at radius 1 is 1.18 bits per heavy atom. The summed E-state index contributed by atoms with van der Waals surface area (Å²) in [6.45, 7) is 0. The number of thioether (sulfide) groups is 1. The molecule has 0 fully saturated rings. The lowest BCUT2D eigenvalue weighted by atomic mass is 10.0. The van der Waals surface area contributed by atoms with Crippen LogP contribution in [0.5, 0.6) is 0 Å². The van der Waals surface area contributed by atoms with Crippen LogP contribution >= 0.6 is 11.8 Å². The van der Waals surface area contributed by atoms with Crippen molar-refractivity contribution >= 4 is 35.2 Å². The molecule has 2 amide bonds. The minimum atomic E-state index is -0.892. The molecule has 1 aliphatic heterocycles. The first kappa shape index (κ1) is 19.9. The van der Waals surface area contributed by atoms with Crippen molar-refractivity contribution < 1.29 is 19.5 Å². The first-order valence-electron chi connectivity index (χ1n) is 9.14. The van der Waals surface area contributed by atoms with Crippen molar-refractivity contribution in [2.75, 3.05) is 11.1 Å². The van der Waals surface area contributed by atoms with Crippen LogP contribution in [0.25, 0.3) is 0 Å². The van der Waals surface area contributed by atoms with Gasteiger partial charge in [0.2, 0.25) is 5.91 Å². The van der Waals surface area contributed by atoms with Crippen LogP contribution in [0.4, 0.5) is 5.69 Å². The highest BCUT2D eigenvalue weighted by molar-refractivity contribution is 7.99. The number of carbonyl (C=O) groups excluding carboxylic acids is 2. The van der Waals surface area contributed by atoms with E-state index in [1.54, 1.807) is 23.9 Å². The van der Waals surface area contributed by atoms with E-state index in [2.05, 4.69) is 10.6 Å². The second kappa shape index (κ2) is 9.41. The lowest BCUT2D eigenvalue weighted by Crippen LogP contribution is -2.37. The fourth-order valence-corrected chi connectivity index (χ4v) is 3.99. The summed E-state index contributed by atoms with van der Waals surface area (Å²) in [6.07, 6.45) is 1.31. The number of rotatable bonds is 7. The summed E-state index contributed by atoms with van der Waals surface area (Å²) in [6, 6.07) is 14.6. The van der Waals surface area contributed by atoms with E-state index >= 15 is 0 Å². The molecule has 7 heteroatoms. The average Bonchev–Trinajstić information content (AvgIpc) is 2.86. The quantitative estimate of drug-likeness (QED) is 0.665. The maximum Gasteiger partial charge on any atom is 0.303 e. The van der Waals surface area contributed by atoms with Crippen LogP contribution in [0.2, 0.25) is 0 Å². The van der Waals surface area contributed by atoms with E-state index in [-0.39, 0.29) is 24.3 Å². The predicted octanol–water partition coefficient (Wildman–Crippen LogP) is 3.33. The smallest absolute Gasteiger partial charge is 0.303 e. The van der Waals surface area contributed by atoms with Crippen molar-refractivity contribution in [3.8, 4) is 0 Å².